The van der Waals surface area contributed by atoms with Crippen LogP contribution >= 0.6 is 11.3 Å². The highest BCUT2D eigenvalue weighted by molar-refractivity contribution is 7.07. The molecular formula is C15H18N2O2S. The number of hydrogen-bond donors (Lipinski definition) is 1. The number of esters is 1. The van der Waals surface area contributed by atoms with E-state index in [-0.39, 0.29) is 12.5 Å². The summed E-state index contributed by atoms with van der Waals surface area (Å²) in [6.45, 7) is 2.16. The summed E-state index contributed by atoms with van der Waals surface area (Å²) < 4.78 is 5.02. The topological polar surface area (TPSA) is 65.2 Å². The van der Waals surface area contributed by atoms with Crippen LogP contribution in [0.15, 0.2) is 35.2 Å². The van der Waals surface area contributed by atoms with Crippen molar-refractivity contribution in [3.05, 3.63) is 52.0 Å². The van der Waals surface area contributed by atoms with Gasteiger partial charge in [0.15, 0.2) is 0 Å². The number of carbonyl (C=O) groups excluding carboxylic acids is 1. The Labute approximate surface area is 122 Å². The fourth-order valence-corrected chi connectivity index (χ4v) is 3.04. The molecule has 0 saturated carbocycles. The van der Waals surface area contributed by atoms with Crippen LogP contribution in [0.3, 0.4) is 0 Å². The maximum atomic E-state index is 12.4. The molecule has 2 rings (SSSR count). The lowest BCUT2D eigenvalue weighted by atomic mass is 9.75. The average molecular weight is 290 g/mol. The third-order valence-electron chi connectivity index (χ3n) is 3.55. The Morgan fingerprint density at radius 2 is 2.20 bits per heavy atom. The first kappa shape index (κ1) is 14.7. The highest BCUT2D eigenvalue weighted by atomic mass is 32.1. The lowest BCUT2D eigenvalue weighted by Gasteiger charge is -2.31. The van der Waals surface area contributed by atoms with Crippen molar-refractivity contribution in [2.45, 2.75) is 18.8 Å². The Morgan fingerprint density at radius 1 is 1.45 bits per heavy atom. The van der Waals surface area contributed by atoms with Crippen molar-refractivity contribution < 1.29 is 9.53 Å². The molecule has 0 saturated heterocycles. The van der Waals surface area contributed by atoms with Gasteiger partial charge in [0.05, 0.1) is 18.3 Å². The molecule has 2 N–H and O–H groups in total. The number of rotatable bonds is 5. The van der Waals surface area contributed by atoms with E-state index in [9.17, 15) is 4.79 Å². The smallest absolute Gasteiger partial charge is 0.317 e. The van der Waals surface area contributed by atoms with E-state index < -0.39 is 5.41 Å². The zero-order chi connectivity index (χ0) is 14.6. The maximum absolute atomic E-state index is 12.4. The van der Waals surface area contributed by atoms with Crippen LogP contribution in [0.2, 0.25) is 0 Å². The van der Waals surface area contributed by atoms with E-state index in [1.54, 1.807) is 5.51 Å². The SMILES string of the molecule is COC(=O)C(CN)(Cc1cscn1)c1ccccc1C. The molecular weight excluding hydrogens is 272 g/mol. The van der Waals surface area contributed by atoms with Crippen LogP contribution in [0.4, 0.5) is 0 Å². The first-order valence-electron chi connectivity index (χ1n) is 6.35. The number of hydrogen-bond acceptors (Lipinski definition) is 5. The summed E-state index contributed by atoms with van der Waals surface area (Å²) in [6, 6.07) is 7.77. The van der Waals surface area contributed by atoms with Gasteiger partial charge < -0.3 is 10.5 Å². The third-order valence-corrected chi connectivity index (χ3v) is 4.19. The Balaban J connectivity index is 2.53. The van der Waals surface area contributed by atoms with E-state index in [2.05, 4.69) is 4.98 Å². The van der Waals surface area contributed by atoms with E-state index in [4.69, 9.17) is 10.5 Å². The normalized spacial score (nSPS) is 13.8. The van der Waals surface area contributed by atoms with Crippen molar-refractivity contribution in [2.24, 2.45) is 5.73 Å². The minimum Gasteiger partial charge on any atom is -0.468 e. The number of carbonyl (C=O) groups is 1. The molecule has 1 aromatic carbocycles. The Bertz CT molecular complexity index is 583. The fourth-order valence-electron chi connectivity index (χ4n) is 2.48. The van der Waals surface area contributed by atoms with Crippen molar-refractivity contribution in [3.63, 3.8) is 0 Å². The standard InChI is InChI=1S/C15H18N2O2S/c1-11-5-3-4-6-13(11)15(9-16,14(18)19-2)7-12-8-20-10-17-12/h3-6,8,10H,7,9,16H2,1-2H3. The zero-order valence-corrected chi connectivity index (χ0v) is 12.4. The quantitative estimate of drug-likeness (QED) is 0.856. The number of benzene rings is 1. The molecule has 1 aromatic heterocycles. The van der Waals surface area contributed by atoms with E-state index in [1.807, 2.05) is 36.6 Å². The molecule has 0 amide bonds. The van der Waals surface area contributed by atoms with Gasteiger partial charge in [0.2, 0.25) is 0 Å². The van der Waals surface area contributed by atoms with Gasteiger partial charge >= 0.3 is 5.97 Å². The number of thiazole rings is 1. The summed E-state index contributed by atoms with van der Waals surface area (Å²) in [7, 11) is 1.39. The molecule has 2 aromatic rings. The fraction of sp³-hybridized carbons (Fsp3) is 0.333. The van der Waals surface area contributed by atoms with Crippen LogP contribution in [-0.4, -0.2) is 24.6 Å². The molecule has 1 atom stereocenters. The summed E-state index contributed by atoms with van der Waals surface area (Å²) in [4.78, 5) is 16.7. The van der Waals surface area contributed by atoms with Crippen molar-refractivity contribution in [1.29, 1.82) is 0 Å². The van der Waals surface area contributed by atoms with Crippen LogP contribution in [-0.2, 0) is 21.4 Å². The predicted molar refractivity (Wildman–Crippen MR) is 79.7 cm³/mol. The highest BCUT2D eigenvalue weighted by Gasteiger charge is 2.41. The first-order chi connectivity index (χ1) is 9.64. The largest absolute Gasteiger partial charge is 0.468 e. The van der Waals surface area contributed by atoms with Crippen LogP contribution in [0, 0.1) is 6.92 Å². The molecule has 20 heavy (non-hydrogen) atoms. The number of methoxy groups -OCH3 is 1. The zero-order valence-electron chi connectivity index (χ0n) is 11.6. The number of nitrogens with two attached hydrogens (primary N) is 1. The van der Waals surface area contributed by atoms with Crippen LogP contribution in [0.1, 0.15) is 16.8 Å². The van der Waals surface area contributed by atoms with Crippen molar-refractivity contribution in [3.8, 4) is 0 Å². The Hall–Kier alpha value is -1.72. The summed E-state index contributed by atoms with van der Waals surface area (Å²) in [6.07, 6.45) is 0.449. The number of ether oxygens (including phenoxy) is 1. The Kier molecular flexibility index (Phi) is 4.52. The molecule has 4 nitrogen and oxygen atoms in total. The number of aryl methyl sites for hydroxylation is 1. The lowest BCUT2D eigenvalue weighted by Crippen LogP contribution is -2.46. The predicted octanol–water partition coefficient (Wildman–Crippen LogP) is 2.06. The van der Waals surface area contributed by atoms with Crippen LogP contribution in [0.5, 0.6) is 0 Å². The van der Waals surface area contributed by atoms with Crippen LogP contribution < -0.4 is 5.73 Å². The molecule has 0 bridgehead atoms. The molecule has 1 heterocycles. The van der Waals surface area contributed by atoms with Gasteiger partial charge in [0.1, 0.15) is 5.41 Å². The Morgan fingerprint density at radius 3 is 2.75 bits per heavy atom. The average Bonchev–Trinajstić information content (AvgIpc) is 2.97. The number of aromatic nitrogens is 1. The van der Waals surface area contributed by atoms with Crippen molar-refractivity contribution in [2.75, 3.05) is 13.7 Å². The summed E-state index contributed by atoms with van der Waals surface area (Å²) in [5, 5.41) is 1.94. The van der Waals surface area contributed by atoms with Gasteiger partial charge in [-0.05, 0) is 18.1 Å². The van der Waals surface area contributed by atoms with Crippen molar-refractivity contribution in [1.82, 2.24) is 4.98 Å². The van der Waals surface area contributed by atoms with Gasteiger partial charge in [-0.15, -0.1) is 11.3 Å². The van der Waals surface area contributed by atoms with E-state index in [0.717, 1.165) is 16.8 Å². The van der Waals surface area contributed by atoms with Gasteiger partial charge in [0, 0.05) is 18.3 Å². The van der Waals surface area contributed by atoms with E-state index >= 15 is 0 Å². The molecule has 0 aliphatic carbocycles. The molecule has 0 aliphatic rings. The number of nitrogens with zero attached hydrogens (tertiary/aromatic N) is 1. The summed E-state index contributed by atoms with van der Waals surface area (Å²) >= 11 is 1.51. The molecule has 0 aliphatic heterocycles. The second-order valence-corrected chi connectivity index (χ2v) is 5.47. The molecule has 0 fully saturated rings. The van der Waals surface area contributed by atoms with Gasteiger partial charge in [-0.2, -0.15) is 0 Å². The van der Waals surface area contributed by atoms with E-state index in [1.165, 1.54) is 18.4 Å². The van der Waals surface area contributed by atoms with Gasteiger partial charge in [-0.1, -0.05) is 24.3 Å². The summed E-state index contributed by atoms with van der Waals surface area (Å²) in [5.74, 6) is -0.317. The van der Waals surface area contributed by atoms with Crippen molar-refractivity contribution >= 4 is 17.3 Å². The molecule has 5 heteroatoms. The first-order valence-corrected chi connectivity index (χ1v) is 7.30. The minimum absolute atomic E-state index is 0.183. The second-order valence-electron chi connectivity index (χ2n) is 4.75. The van der Waals surface area contributed by atoms with Crippen LogP contribution in [0.25, 0.3) is 0 Å². The molecule has 1 unspecified atom stereocenters. The molecule has 0 spiro atoms. The molecule has 0 radical (unpaired) electrons. The highest BCUT2D eigenvalue weighted by Crippen LogP contribution is 2.31. The maximum Gasteiger partial charge on any atom is 0.317 e. The summed E-state index contributed by atoms with van der Waals surface area (Å²) in [5.41, 5.74) is 9.64. The monoisotopic (exact) mass is 290 g/mol. The van der Waals surface area contributed by atoms with Gasteiger partial charge in [0.25, 0.3) is 0 Å². The second kappa shape index (κ2) is 6.15. The van der Waals surface area contributed by atoms with Gasteiger partial charge in [-0.3, -0.25) is 4.79 Å². The third kappa shape index (κ3) is 2.59. The lowest BCUT2D eigenvalue weighted by molar-refractivity contribution is -0.147. The van der Waals surface area contributed by atoms with E-state index in [0.29, 0.717) is 6.42 Å². The molecule has 106 valence electrons. The minimum atomic E-state index is -0.881. The van der Waals surface area contributed by atoms with Gasteiger partial charge in [-0.25, -0.2) is 4.98 Å².